The second-order valence-electron chi connectivity index (χ2n) is 7.09. The second kappa shape index (κ2) is 5.64. The molecular weight excluding hydrogens is 310 g/mol. The summed E-state index contributed by atoms with van der Waals surface area (Å²) in [6.07, 6.45) is 5.67. The number of rotatable bonds is 2. The van der Waals surface area contributed by atoms with E-state index in [9.17, 15) is 4.79 Å². The number of carbonyl (C=O) groups excluding carboxylic acids is 1. The van der Waals surface area contributed by atoms with Gasteiger partial charge >= 0.3 is 5.97 Å². The quantitative estimate of drug-likeness (QED) is 0.774. The van der Waals surface area contributed by atoms with E-state index in [0.29, 0.717) is 18.0 Å². The van der Waals surface area contributed by atoms with Crippen LogP contribution in [-0.4, -0.2) is 36.6 Å². The molecule has 4 saturated heterocycles. The average molecular weight is 332 g/mol. The van der Waals surface area contributed by atoms with E-state index in [-0.39, 0.29) is 11.9 Å². The molecule has 0 spiro atoms. The van der Waals surface area contributed by atoms with Crippen LogP contribution in [0.2, 0.25) is 5.02 Å². The molecule has 5 rings (SSSR count). The SMILES string of the molecule is COC(=O)C1C2CC3CCC1N3C/C2=C\c1ccc(C)c(Cl)c1. The summed E-state index contributed by atoms with van der Waals surface area (Å²) in [4.78, 5) is 14.9. The third-order valence-corrected chi connectivity index (χ3v) is 6.33. The lowest BCUT2D eigenvalue weighted by Gasteiger charge is -2.50. The summed E-state index contributed by atoms with van der Waals surface area (Å²) in [5, 5.41) is 0.796. The van der Waals surface area contributed by atoms with Gasteiger partial charge in [0.2, 0.25) is 0 Å². The lowest BCUT2D eigenvalue weighted by atomic mass is 9.71. The fraction of sp³-hybridized carbons (Fsp3) is 0.526. The van der Waals surface area contributed by atoms with Crippen LogP contribution in [-0.2, 0) is 9.53 Å². The van der Waals surface area contributed by atoms with Crippen molar-refractivity contribution in [3.63, 3.8) is 0 Å². The Morgan fingerprint density at radius 1 is 1.39 bits per heavy atom. The van der Waals surface area contributed by atoms with Gasteiger partial charge in [-0.25, -0.2) is 0 Å². The van der Waals surface area contributed by atoms with Gasteiger partial charge in [0.05, 0.1) is 13.0 Å². The van der Waals surface area contributed by atoms with Gasteiger partial charge in [-0.1, -0.05) is 35.4 Å². The van der Waals surface area contributed by atoms with Crippen LogP contribution >= 0.6 is 11.6 Å². The largest absolute Gasteiger partial charge is 0.469 e. The first-order valence-electron chi connectivity index (χ1n) is 8.38. The second-order valence-corrected chi connectivity index (χ2v) is 7.50. The van der Waals surface area contributed by atoms with Crippen molar-refractivity contribution >= 4 is 23.6 Å². The summed E-state index contributed by atoms with van der Waals surface area (Å²) in [6.45, 7) is 3.00. The number of aryl methyl sites for hydroxylation is 1. The van der Waals surface area contributed by atoms with Crippen LogP contribution in [0.5, 0.6) is 0 Å². The zero-order valence-electron chi connectivity index (χ0n) is 13.6. The van der Waals surface area contributed by atoms with Gasteiger partial charge in [0.1, 0.15) is 0 Å². The van der Waals surface area contributed by atoms with Crippen LogP contribution in [0, 0.1) is 18.8 Å². The van der Waals surface area contributed by atoms with Gasteiger partial charge in [-0.05, 0) is 49.3 Å². The van der Waals surface area contributed by atoms with Crippen LogP contribution in [0.1, 0.15) is 30.4 Å². The van der Waals surface area contributed by atoms with Crippen molar-refractivity contribution in [3.05, 3.63) is 39.9 Å². The lowest BCUT2D eigenvalue weighted by Crippen LogP contribution is -2.58. The molecule has 5 atom stereocenters. The normalized spacial score (nSPS) is 36.5. The molecule has 0 saturated carbocycles. The Morgan fingerprint density at radius 2 is 2.22 bits per heavy atom. The van der Waals surface area contributed by atoms with Crippen LogP contribution in [0.25, 0.3) is 6.08 Å². The van der Waals surface area contributed by atoms with Crippen LogP contribution in [0.4, 0.5) is 0 Å². The van der Waals surface area contributed by atoms with Gasteiger partial charge < -0.3 is 4.74 Å². The number of ether oxygens (including phenoxy) is 1. The van der Waals surface area contributed by atoms with Crippen molar-refractivity contribution < 1.29 is 9.53 Å². The van der Waals surface area contributed by atoms with E-state index in [2.05, 4.69) is 23.1 Å². The molecule has 5 unspecified atom stereocenters. The topological polar surface area (TPSA) is 29.5 Å². The Labute approximate surface area is 142 Å². The van der Waals surface area contributed by atoms with Crippen molar-refractivity contribution in [2.75, 3.05) is 13.7 Å². The summed E-state index contributed by atoms with van der Waals surface area (Å²) < 4.78 is 5.11. The number of esters is 1. The Morgan fingerprint density at radius 3 is 2.96 bits per heavy atom. The number of hydrogen-bond acceptors (Lipinski definition) is 3. The van der Waals surface area contributed by atoms with E-state index < -0.39 is 0 Å². The Bertz CT molecular complexity index is 684. The molecule has 1 aromatic rings. The lowest BCUT2D eigenvalue weighted by molar-refractivity contribution is -0.153. The monoisotopic (exact) mass is 331 g/mol. The fourth-order valence-electron chi connectivity index (χ4n) is 4.79. The van der Waals surface area contributed by atoms with Crippen molar-refractivity contribution in [2.45, 2.75) is 38.3 Å². The highest BCUT2D eigenvalue weighted by Crippen LogP contribution is 2.50. The smallest absolute Gasteiger partial charge is 0.310 e. The van der Waals surface area contributed by atoms with Crippen LogP contribution < -0.4 is 0 Å². The number of fused-ring (bicyclic) bond motifs is 1. The maximum Gasteiger partial charge on any atom is 0.310 e. The van der Waals surface area contributed by atoms with E-state index in [0.717, 1.165) is 35.5 Å². The predicted octanol–water partition coefficient (Wildman–Crippen LogP) is 3.69. The zero-order valence-corrected chi connectivity index (χ0v) is 14.3. The van der Waals surface area contributed by atoms with Gasteiger partial charge in [0.15, 0.2) is 0 Å². The number of piperidine rings is 3. The molecule has 0 amide bonds. The number of hydrogen-bond donors (Lipinski definition) is 0. The van der Waals surface area contributed by atoms with Gasteiger partial charge in [-0.15, -0.1) is 0 Å². The molecule has 0 aliphatic carbocycles. The van der Waals surface area contributed by atoms with Crippen molar-refractivity contribution in [1.82, 2.24) is 4.90 Å². The van der Waals surface area contributed by atoms with E-state index in [4.69, 9.17) is 16.3 Å². The first-order chi connectivity index (χ1) is 11.1. The molecule has 4 bridgehead atoms. The highest BCUT2D eigenvalue weighted by Gasteiger charge is 2.55. The van der Waals surface area contributed by atoms with Crippen molar-refractivity contribution in [2.24, 2.45) is 11.8 Å². The maximum absolute atomic E-state index is 12.3. The average Bonchev–Trinajstić information content (AvgIpc) is 2.85. The molecule has 122 valence electrons. The minimum Gasteiger partial charge on any atom is -0.469 e. The number of methoxy groups -OCH3 is 1. The van der Waals surface area contributed by atoms with E-state index in [1.165, 1.54) is 19.1 Å². The molecular formula is C19H22ClNO2. The van der Waals surface area contributed by atoms with Gasteiger partial charge in [-0.2, -0.15) is 0 Å². The summed E-state index contributed by atoms with van der Waals surface area (Å²) in [5.74, 6) is 0.280. The van der Waals surface area contributed by atoms with E-state index in [1.54, 1.807) is 0 Å². The predicted molar refractivity (Wildman–Crippen MR) is 91.3 cm³/mol. The number of benzene rings is 1. The van der Waals surface area contributed by atoms with E-state index in [1.807, 2.05) is 13.0 Å². The highest BCUT2D eigenvalue weighted by atomic mass is 35.5. The Hall–Kier alpha value is -1.32. The molecule has 0 aromatic heterocycles. The summed E-state index contributed by atoms with van der Waals surface area (Å²) in [5.41, 5.74) is 3.57. The van der Waals surface area contributed by atoms with Crippen LogP contribution in [0.15, 0.2) is 23.8 Å². The third-order valence-electron chi connectivity index (χ3n) is 5.93. The maximum atomic E-state index is 12.3. The minimum atomic E-state index is -0.0436. The Kier molecular flexibility index (Phi) is 3.73. The van der Waals surface area contributed by atoms with Crippen molar-refractivity contribution in [1.29, 1.82) is 0 Å². The molecule has 4 aliphatic rings. The first-order valence-corrected chi connectivity index (χ1v) is 8.76. The summed E-state index contributed by atoms with van der Waals surface area (Å²) in [7, 11) is 1.51. The van der Waals surface area contributed by atoms with Gasteiger partial charge in [0, 0.05) is 23.7 Å². The Balaban J connectivity index is 1.69. The zero-order chi connectivity index (χ0) is 16.1. The standard InChI is InChI=1S/C19H22ClNO2/c1-11-3-4-12(8-16(11)20)7-13-10-21-14-5-6-17(21)18(15(13)9-14)19(22)23-2/h3-4,7-8,14-15,17-18H,5-6,9-10H2,1-2H3/b13-7+. The number of nitrogens with zero attached hydrogens (tertiary/aromatic N) is 1. The van der Waals surface area contributed by atoms with Crippen molar-refractivity contribution in [3.8, 4) is 0 Å². The molecule has 3 nitrogen and oxygen atoms in total. The molecule has 0 radical (unpaired) electrons. The molecule has 1 aromatic carbocycles. The number of halogens is 1. The van der Waals surface area contributed by atoms with E-state index >= 15 is 0 Å². The van der Waals surface area contributed by atoms with Gasteiger partial charge in [-0.3, -0.25) is 9.69 Å². The fourth-order valence-corrected chi connectivity index (χ4v) is 4.98. The minimum absolute atomic E-state index is 0.000305. The molecule has 4 heteroatoms. The van der Waals surface area contributed by atoms with Crippen LogP contribution in [0.3, 0.4) is 0 Å². The number of carbonyl (C=O) groups is 1. The molecule has 4 aliphatic heterocycles. The first kappa shape index (κ1) is 15.2. The summed E-state index contributed by atoms with van der Waals surface area (Å²) >= 11 is 6.25. The van der Waals surface area contributed by atoms with Gasteiger partial charge in [0.25, 0.3) is 0 Å². The molecule has 4 heterocycles. The molecule has 4 fully saturated rings. The highest BCUT2D eigenvalue weighted by molar-refractivity contribution is 6.31. The third kappa shape index (κ3) is 2.41. The summed E-state index contributed by atoms with van der Waals surface area (Å²) in [6, 6.07) is 7.21. The molecule has 0 N–H and O–H groups in total. The molecule has 23 heavy (non-hydrogen) atoms.